The Bertz CT molecular complexity index is 2830. The van der Waals surface area contributed by atoms with E-state index >= 15 is 0 Å². The van der Waals surface area contributed by atoms with Crippen molar-refractivity contribution < 1.29 is 0 Å². The Balaban J connectivity index is 4.11. The second kappa shape index (κ2) is 84.7. The van der Waals surface area contributed by atoms with Crippen LogP contribution >= 0.6 is 22.6 Å². The summed E-state index contributed by atoms with van der Waals surface area (Å²) >= 11 is 2.45. The molecule has 0 heterocycles. The van der Waals surface area contributed by atoms with E-state index in [4.69, 9.17) is 0 Å². The molecular formula is C4H10B77I. The summed E-state index contributed by atoms with van der Waals surface area (Å²) in [6, 6.07) is 0. The monoisotopic (exact) mass is 1030 g/mol. The van der Waals surface area contributed by atoms with Gasteiger partial charge in [0.1, 0.15) is 0 Å². The molecular weight excluding hydrogens is 1010 g/mol. The third kappa shape index (κ3) is 81.8. The number of halogens is 1. The van der Waals surface area contributed by atoms with Gasteiger partial charge in [0.05, 0.1) is 0 Å². The van der Waals surface area contributed by atoms with Gasteiger partial charge in [-0.3, -0.25) is 0 Å². The number of alkyl halides is 1. The Morgan fingerprint density at radius 1 is 0.195 bits per heavy atom. The molecule has 0 saturated heterocycles. The van der Waals surface area contributed by atoms with E-state index in [0.717, 1.165) is 0 Å². The standard InChI is InChI=1S/C4H10B77I/c1-2-81(3-4-82)80-79-78-77-76-75-74-73-72-71-70-69-68-67-66-65-64-63-62-61-60-59-58-57-56-55-54-53-52-51-50-49-48-47-46-45-44-43-42-41-40-39-38-37-36-35-34-33-32-31-30-29-28-27-26-25-24-23-22-21-20-19-18-17-16-15-14-13-12-11-10-9-8-7-6-5/h5H,2-4H2,1H3. The molecule has 0 aliphatic rings. The van der Waals surface area contributed by atoms with E-state index in [1.54, 1.807) is 6.69 Å². The van der Waals surface area contributed by atoms with Gasteiger partial charge in [-0.05, 0) is 0 Å². The predicted octanol–water partition coefficient (Wildman–Crippen LogP) is -27.2. The quantitative estimate of drug-likeness (QED) is 0.0325. The van der Waals surface area contributed by atoms with E-state index in [2.05, 4.69) is 63.7 Å². The molecule has 0 unspecified atom stereocenters. The summed E-state index contributed by atoms with van der Waals surface area (Å²) in [7, 11) is 3.63. The second-order valence-electron chi connectivity index (χ2n) is 16.1. The number of hydrogen-bond donors (Lipinski definition) is 0. The van der Waals surface area contributed by atoms with Gasteiger partial charge < -0.3 is 0 Å². The van der Waals surface area contributed by atoms with Crippen molar-refractivity contribution in [1.82, 2.24) is 0 Å². The summed E-state index contributed by atoms with van der Waals surface area (Å²) < 4.78 is 1.21. The topological polar surface area (TPSA) is 0 Å². The van der Waals surface area contributed by atoms with Gasteiger partial charge in [-0.1, -0.05) is 0 Å². The van der Waals surface area contributed by atoms with E-state index in [1.165, 1.54) is 17.1 Å². The van der Waals surface area contributed by atoms with Crippen LogP contribution in [0.25, 0.3) is 0 Å². The van der Waals surface area contributed by atoms with Crippen LogP contribution in [0.15, 0.2) is 0 Å². The van der Waals surface area contributed by atoms with Crippen LogP contribution in [-0.4, -0.2) is 520 Å². The van der Waals surface area contributed by atoms with Gasteiger partial charge in [0.2, 0.25) is 0 Å². The molecule has 0 aromatic rings. The minimum atomic E-state index is 0.687. The number of rotatable bonds is 41. The van der Waals surface area contributed by atoms with Gasteiger partial charge >= 0.3 is 562 Å². The van der Waals surface area contributed by atoms with E-state index in [9.17, 15) is 0 Å². The predicted molar refractivity (Wildman–Crippen MR) is 479 cm³/mol. The fourth-order valence-corrected chi connectivity index (χ4v) is 6.23. The molecule has 78 heteroatoms. The average Bonchev–Trinajstić information content (AvgIpc) is 3.49. The van der Waals surface area contributed by atoms with Crippen LogP contribution in [-0.2, 0) is 0 Å². The molecule has 0 aromatic heterocycles. The third-order valence-electron chi connectivity index (χ3n) is 9.52. The van der Waals surface area contributed by atoms with Crippen molar-refractivity contribution in [2.24, 2.45) is 0 Å². The Labute approximate surface area is 556 Å². The van der Waals surface area contributed by atoms with Gasteiger partial charge in [-0.2, -0.15) is 0 Å². The molecule has 0 amide bonds. The Morgan fingerprint density at radius 2 is 0.305 bits per heavy atom. The molecule has 264 valence electrons. The summed E-state index contributed by atoms with van der Waals surface area (Å²) in [6.07, 6.45) is 2.45. The Morgan fingerprint density at radius 3 is 0.402 bits per heavy atom. The van der Waals surface area contributed by atoms with Crippen molar-refractivity contribution in [3.63, 3.8) is 0 Å². The van der Waals surface area contributed by atoms with Gasteiger partial charge in [0.15, 0.2) is 0 Å². The molecule has 0 radical (unpaired) electrons. The molecule has 0 aliphatic heterocycles. The third-order valence-corrected chi connectivity index (χ3v) is 10.1. The first kappa shape index (κ1) is 87.7. The van der Waals surface area contributed by atoms with E-state index in [-0.39, 0.29) is 0 Å². The van der Waals surface area contributed by atoms with Crippen LogP contribution in [0.5, 0.6) is 0 Å². The molecule has 0 spiro atoms. The Kier molecular flexibility index (Phi) is 90.7. The van der Waals surface area contributed by atoms with Crippen LogP contribution in [0.1, 0.15) is 6.92 Å². The molecule has 0 nitrogen and oxygen atoms in total. The van der Waals surface area contributed by atoms with Crippen LogP contribution in [0.4, 0.5) is 0 Å². The van der Waals surface area contributed by atoms with Gasteiger partial charge in [0.25, 0.3) is 0 Å². The molecule has 82 heavy (non-hydrogen) atoms. The van der Waals surface area contributed by atoms with Gasteiger partial charge in [-0.25, -0.2) is 0 Å². The molecule has 0 N–H and O–H groups in total. The van der Waals surface area contributed by atoms with Crippen LogP contribution in [0, 0.1) is 0 Å². The van der Waals surface area contributed by atoms with Crippen molar-refractivity contribution >= 4 is 539 Å². The van der Waals surface area contributed by atoms with Crippen LogP contribution in [0.2, 0.25) is 12.6 Å². The zero-order chi connectivity index (χ0) is 58.7. The zero-order valence-corrected chi connectivity index (χ0v) is 50.2. The molecule has 0 aliphatic carbocycles. The zero-order valence-electron chi connectivity index (χ0n) is 48.1. The molecule has 0 saturated carbocycles. The molecule has 0 aromatic carbocycles. The first-order valence-electron chi connectivity index (χ1n) is 27.7. The van der Waals surface area contributed by atoms with Crippen molar-refractivity contribution in [2.45, 2.75) is 19.6 Å². The first-order valence-corrected chi connectivity index (χ1v) is 29.2. The summed E-state index contributed by atoms with van der Waals surface area (Å²) in [5, 5.41) is 0. The Hall–Kier alpha value is 5.73. The van der Waals surface area contributed by atoms with Crippen molar-refractivity contribution in [1.29, 1.82) is 0 Å². The summed E-state index contributed by atoms with van der Waals surface area (Å²) in [5.41, 5.74) is 0. The summed E-state index contributed by atoms with van der Waals surface area (Å²) in [4.78, 5) is 0. The van der Waals surface area contributed by atoms with E-state index < -0.39 is 0 Å². The fourth-order valence-electron chi connectivity index (χ4n) is 5.43. The minimum absolute atomic E-state index is 0.687. The second-order valence-corrected chi connectivity index (χ2v) is 17.2. The normalized spacial score (nSPS) is 8.01. The van der Waals surface area contributed by atoms with E-state index in [1.807, 2.05) is 468 Å². The molecule has 0 fully saturated rings. The summed E-state index contributed by atoms with van der Waals surface area (Å²) in [5.74, 6) is 0. The summed E-state index contributed by atoms with van der Waals surface area (Å²) in [6.45, 7) is 153. The van der Waals surface area contributed by atoms with Crippen molar-refractivity contribution in [3.8, 4) is 0 Å². The van der Waals surface area contributed by atoms with E-state index in [0.29, 0.717) is 6.60 Å². The molecule has 0 rings (SSSR count). The van der Waals surface area contributed by atoms with Crippen molar-refractivity contribution in [3.05, 3.63) is 0 Å². The SMILES string of the molecule is B=BB=BB=BB=BB=BB=BB=BB=BB=BB=BB=BB=BB=BB=BB=BB=BB=BB=BB=BB=BB=BB=BB=BB=BB=BB=BB=BB=BB=BB=BB=BB=BB=BB=BB=BB=BB=BB=BB(CC)CCI. The maximum atomic E-state index is 3.63. The van der Waals surface area contributed by atoms with Gasteiger partial charge in [0, 0.05) is 0 Å². The molecule has 0 atom stereocenters. The first-order chi connectivity index (χ1) is 40.8. The van der Waals surface area contributed by atoms with Crippen LogP contribution in [0.3, 0.4) is 0 Å². The average molecular weight is 1020 g/mol. The maximum absolute atomic E-state index is 3.63. The molecule has 0 bridgehead atoms. The van der Waals surface area contributed by atoms with Crippen LogP contribution < -0.4 is 0 Å². The fraction of sp³-hybridized carbons (Fsp3) is 1.00. The van der Waals surface area contributed by atoms with Crippen molar-refractivity contribution in [2.75, 3.05) is 4.43 Å². The van der Waals surface area contributed by atoms with Gasteiger partial charge in [-0.15, -0.1) is 0 Å². The number of hydrogen-bond acceptors (Lipinski definition) is 0.